The van der Waals surface area contributed by atoms with E-state index in [-0.39, 0.29) is 17.9 Å². The fourth-order valence-corrected chi connectivity index (χ4v) is 5.19. The summed E-state index contributed by atoms with van der Waals surface area (Å²) < 4.78 is 1.61. The van der Waals surface area contributed by atoms with Gasteiger partial charge in [0.2, 0.25) is 5.91 Å². The zero-order chi connectivity index (χ0) is 23.3. The molecule has 0 atom stereocenters. The molecule has 1 N–H and O–H groups in total. The number of rotatable bonds is 7. The number of fused-ring (bicyclic) bond motifs is 1. The van der Waals surface area contributed by atoms with Crippen molar-refractivity contribution in [3.05, 3.63) is 101 Å². The summed E-state index contributed by atoms with van der Waals surface area (Å²) in [5, 5.41) is 6.49. The second kappa shape index (κ2) is 10.0. The van der Waals surface area contributed by atoms with E-state index in [0.717, 1.165) is 16.9 Å². The molecule has 5 aromatic rings. The molecule has 0 bridgehead atoms. The lowest BCUT2D eigenvalue weighted by atomic mass is 10.2. The molecule has 1 amide bonds. The molecule has 0 fully saturated rings. The summed E-state index contributed by atoms with van der Waals surface area (Å²) in [4.78, 5) is 35.0. The second-order valence-electron chi connectivity index (χ2n) is 7.44. The summed E-state index contributed by atoms with van der Waals surface area (Å²) in [6.07, 6.45) is 0.266. The first-order valence-corrected chi connectivity index (χ1v) is 12.6. The number of carbonyl (C=O) groups is 1. The molecular formula is C26H20N4O2S2. The van der Waals surface area contributed by atoms with Gasteiger partial charge in [-0.3, -0.25) is 14.2 Å². The van der Waals surface area contributed by atoms with Gasteiger partial charge in [-0.15, -0.1) is 11.3 Å². The summed E-state index contributed by atoms with van der Waals surface area (Å²) in [6.45, 7) is 0. The average molecular weight is 485 g/mol. The first-order valence-electron chi connectivity index (χ1n) is 10.7. The van der Waals surface area contributed by atoms with Gasteiger partial charge in [-0.1, -0.05) is 72.4 Å². The lowest BCUT2D eigenvalue weighted by Gasteiger charge is -2.13. The number of hydrogen-bond donors (Lipinski definition) is 1. The smallest absolute Gasteiger partial charge is 0.266 e. The van der Waals surface area contributed by atoms with Gasteiger partial charge in [-0.25, -0.2) is 9.97 Å². The third-order valence-electron chi connectivity index (χ3n) is 5.14. The molecule has 5 rings (SSSR count). The van der Waals surface area contributed by atoms with Crippen LogP contribution in [0.15, 0.2) is 100 Å². The number of aromatic nitrogens is 3. The third-order valence-corrected chi connectivity index (χ3v) is 6.84. The minimum Gasteiger partial charge on any atom is -0.302 e. The summed E-state index contributed by atoms with van der Waals surface area (Å²) in [5.74, 6) is 0.344. The van der Waals surface area contributed by atoms with Crippen LogP contribution < -0.4 is 10.9 Å². The van der Waals surface area contributed by atoms with Crippen LogP contribution >= 0.6 is 23.1 Å². The van der Waals surface area contributed by atoms with E-state index in [4.69, 9.17) is 4.98 Å². The minimum atomic E-state index is -0.129. The number of hydrogen-bond acceptors (Lipinski definition) is 6. The topological polar surface area (TPSA) is 76.9 Å². The highest BCUT2D eigenvalue weighted by molar-refractivity contribution is 7.99. The van der Waals surface area contributed by atoms with Crippen molar-refractivity contribution < 1.29 is 4.79 Å². The molecule has 8 heteroatoms. The number of anilines is 1. The minimum absolute atomic E-state index is 0.125. The SMILES string of the molecule is O=C(CCSc1nc2ccccc2c(=O)n1-c1ccccc1)Nc1nc(-c2ccccc2)cs1. The standard InChI is InChI=1S/C26H20N4O2S2/c31-23(29-25-27-22(17-34-25)18-9-3-1-4-10-18)15-16-33-26-28-21-14-8-7-13-20(21)24(32)30(26)19-11-5-2-6-12-19/h1-14,17H,15-16H2,(H,27,29,31). The first kappa shape index (κ1) is 22.1. The van der Waals surface area contributed by atoms with Gasteiger partial charge in [-0.05, 0) is 24.3 Å². The summed E-state index contributed by atoms with van der Waals surface area (Å²) >= 11 is 2.78. The maximum Gasteiger partial charge on any atom is 0.266 e. The molecule has 0 unspecified atom stereocenters. The Kier molecular flexibility index (Phi) is 6.51. The van der Waals surface area contributed by atoms with E-state index < -0.39 is 0 Å². The lowest BCUT2D eigenvalue weighted by Crippen LogP contribution is -2.22. The van der Waals surface area contributed by atoms with E-state index >= 15 is 0 Å². The fraction of sp³-hybridized carbons (Fsp3) is 0.0769. The Morgan fingerprint density at radius 1 is 0.912 bits per heavy atom. The largest absolute Gasteiger partial charge is 0.302 e. The fourth-order valence-electron chi connectivity index (χ4n) is 3.50. The molecule has 2 aromatic heterocycles. The maximum atomic E-state index is 13.2. The van der Waals surface area contributed by atoms with Gasteiger partial charge in [-0.2, -0.15) is 0 Å². The lowest BCUT2D eigenvalue weighted by molar-refractivity contribution is -0.115. The molecule has 0 aliphatic rings. The molecule has 0 saturated carbocycles. The molecule has 3 aromatic carbocycles. The number of para-hydroxylation sites is 2. The molecule has 0 aliphatic carbocycles. The van der Waals surface area contributed by atoms with Crippen LogP contribution in [-0.2, 0) is 4.79 Å². The van der Waals surface area contributed by atoms with Crippen LogP contribution in [0.3, 0.4) is 0 Å². The molecular weight excluding hydrogens is 464 g/mol. The predicted octanol–water partition coefficient (Wildman–Crippen LogP) is 5.63. The number of thioether (sulfide) groups is 1. The number of benzene rings is 3. The first-order chi connectivity index (χ1) is 16.7. The zero-order valence-electron chi connectivity index (χ0n) is 18.0. The van der Waals surface area contributed by atoms with Crippen LogP contribution in [0.2, 0.25) is 0 Å². The Labute approximate surface area is 204 Å². The normalized spacial score (nSPS) is 10.9. The van der Waals surface area contributed by atoms with Gasteiger partial charge in [0, 0.05) is 23.1 Å². The van der Waals surface area contributed by atoms with E-state index in [1.54, 1.807) is 10.6 Å². The summed E-state index contributed by atoms with van der Waals surface area (Å²) in [7, 11) is 0. The number of thiazole rings is 1. The van der Waals surface area contributed by atoms with E-state index in [1.807, 2.05) is 84.2 Å². The zero-order valence-corrected chi connectivity index (χ0v) is 19.7. The van der Waals surface area contributed by atoms with Gasteiger partial charge < -0.3 is 5.32 Å². The molecule has 34 heavy (non-hydrogen) atoms. The van der Waals surface area contributed by atoms with Gasteiger partial charge in [0.05, 0.1) is 22.3 Å². The van der Waals surface area contributed by atoms with Crippen LogP contribution in [0.1, 0.15) is 6.42 Å². The van der Waals surface area contributed by atoms with Crippen molar-refractivity contribution in [1.29, 1.82) is 0 Å². The van der Waals surface area contributed by atoms with Crippen molar-refractivity contribution in [2.24, 2.45) is 0 Å². The third kappa shape index (κ3) is 4.78. The Balaban J connectivity index is 1.30. The van der Waals surface area contributed by atoms with Crippen LogP contribution in [0.5, 0.6) is 0 Å². The average Bonchev–Trinajstić information content (AvgIpc) is 3.34. The van der Waals surface area contributed by atoms with Crippen molar-refractivity contribution in [2.45, 2.75) is 11.6 Å². The Morgan fingerprint density at radius 2 is 1.62 bits per heavy atom. The quantitative estimate of drug-likeness (QED) is 0.239. The molecule has 6 nitrogen and oxygen atoms in total. The van der Waals surface area contributed by atoms with Crippen LogP contribution in [-0.4, -0.2) is 26.2 Å². The molecule has 0 spiro atoms. The molecule has 0 aliphatic heterocycles. The van der Waals surface area contributed by atoms with E-state index in [9.17, 15) is 9.59 Å². The van der Waals surface area contributed by atoms with Crippen molar-refractivity contribution in [2.75, 3.05) is 11.1 Å². The number of carbonyl (C=O) groups excluding carboxylic acids is 1. The number of nitrogens with one attached hydrogen (secondary N) is 1. The Morgan fingerprint density at radius 3 is 2.41 bits per heavy atom. The number of nitrogens with zero attached hydrogens (tertiary/aromatic N) is 3. The van der Waals surface area contributed by atoms with Gasteiger partial charge in [0.1, 0.15) is 0 Å². The van der Waals surface area contributed by atoms with Crippen molar-refractivity contribution in [3.63, 3.8) is 0 Å². The summed E-state index contributed by atoms with van der Waals surface area (Å²) in [6, 6.07) is 26.6. The maximum absolute atomic E-state index is 13.2. The monoisotopic (exact) mass is 484 g/mol. The molecule has 2 heterocycles. The van der Waals surface area contributed by atoms with Crippen molar-refractivity contribution >= 4 is 45.0 Å². The highest BCUT2D eigenvalue weighted by Crippen LogP contribution is 2.25. The van der Waals surface area contributed by atoms with E-state index in [2.05, 4.69) is 10.3 Å². The molecule has 0 saturated heterocycles. The van der Waals surface area contributed by atoms with E-state index in [1.165, 1.54) is 23.1 Å². The van der Waals surface area contributed by atoms with Crippen LogP contribution in [0.25, 0.3) is 27.8 Å². The Bertz CT molecular complexity index is 1500. The van der Waals surface area contributed by atoms with Gasteiger partial charge >= 0.3 is 0 Å². The Hall–Kier alpha value is -3.75. The van der Waals surface area contributed by atoms with E-state index in [0.29, 0.717) is 26.9 Å². The predicted molar refractivity (Wildman–Crippen MR) is 139 cm³/mol. The second-order valence-corrected chi connectivity index (χ2v) is 9.36. The van der Waals surface area contributed by atoms with Crippen molar-refractivity contribution in [1.82, 2.24) is 14.5 Å². The molecule has 168 valence electrons. The number of amides is 1. The molecule has 0 radical (unpaired) electrons. The summed E-state index contributed by atoms with van der Waals surface area (Å²) in [5.41, 5.74) is 3.11. The highest BCUT2D eigenvalue weighted by Gasteiger charge is 2.14. The van der Waals surface area contributed by atoms with Gasteiger partial charge in [0.25, 0.3) is 5.56 Å². The van der Waals surface area contributed by atoms with Crippen LogP contribution in [0, 0.1) is 0 Å². The highest BCUT2D eigenvalue weighted by atomic mass is 32.2. The van der Waals surface area contributed by atoms with Crippen molar-refractivity contribution in [3.8, 4) is 16.9 Å². The van der Waals surface area contributed by atoms with Gasteiger partial charge in [0.15, 0.2) is 10.3 Å². The van der Waals surface area contributed by atoms with Crippen LogP contribution in [0.4, 0.5) is 5.13 Å².